The molecule has 4 aromatic rings. The first kappa shape index (κ1) is 28.2. The molecule has 4 N–H and O–H groups in total. The quantitative estimate of drug-likeness (QED) is 0.111. The van der Waals surface area contributed by atoms with E-state index >= 15 is 0 Å². The predicted octanol–water partition coefficient (Wildman–Crippen LogP) is 2.76. The summed E-state index contributed by atoms with van der Waals surface area (Å²) in [5.41, 5.74) is 2.47. The molecule has 210 valence electrons. The second-order valence-electron chi connectivity index (χ2n) is 8.80. The fourth-order valence-corrected chi connectivity index (χ4v) is 4.18. The second-order valence-corrected chi connectivity index (χ2v) is 8.80. The minimum Gasteiger partial charge on any atom is -0.494 e. The van der Waals surface area contributed by atoms with Gasteiger partial charge in [0.2, 0.25) is 11.8 Å². The number of carbonyl (C=O) groups excluding carboxylic acids is 2. The van der Waals surface area contributed by atoms with Gasteiger partial charge in [0.15, 0.2) is 17.2 Å². The second kappa shape index (κ2) is 13.3. The summed E-state index contributed by atoms with van der Waals surface area (Å²) in [5, 5.41) is 11.4. The van der Waals surface area contributed by atoms with Crippen LogP contribution in [0.3, 0.4) is 0 Å². The van der Waals surface area contributed by atoms with Gasteiger partial charge >= 0.3 is 5.69 Å². The van der Waals surface area contributed by atoms with Crippen molar-refractivity contribution in [3.05, 3.63) is 58.8 Å². The number of aromatic nitrogens is 5. The maximum atomic E-state index is 13.3. The fraction of sp³-hybridized carbons (Fsp3) is 0.333. The predicted molar refractivity (Wildman–Crippen MR) is 146 cm³/mol. The average molecular weight is 550 g/mol. The molecule has 0 fully saturated rings. The van der Waals surface area contributed by atoms with Gasteiger partial charge in [-0.15, -0.1) is 0 Å². The molecule has 3 aromatic heterocycles. The third-order valence-corrected chi connectivity index (χ3v) is 6.10. The number of hydrogen-bond acceptors (Lipinski definition) is 9. The van der Waals surface area contributed by atoms with Crippen molar-refractivity contribution in [1.82, 2.24) is 35.3 Å². The Labute approximate surface area is 229 Å². The lowest BCUT2D eigenvalue weighted by Crippen LogP contribution is -2.26. The number of amides is 2. The summed E-state index contributed by atoms with van der Waals surface area (Å²) in [6, 6.07) is 10.5. The van der Waals surface area contributed by atoms with E-state index in [0.29, 0.717) is 43.0 Å². The maximum Gasteiger partial charge on any atom is 0.332 e. The SMILES string of the molecule is CCOc1ccc(-c2nc(C(=O)NCCCCCCC(=O)NO)c3[nH]c(=O)n(-c4cccnc4OC)c3n2)cc1. The number of benzene rings is 1. The number of H-pyrrole nitrogens is 1. The van der Waals surface area contributed by atoms with E-state index in [4.69, 9.17) is 14.7 Å². The highest BCUT2D eigenvalue weighted by Crippen LogP contribution is 2.26. The molecule has 3 heterocycles. The number of hydroxylamine groups is 1. The van der Waals surface area contributed by atoms with Crippen LogP contribution >= 0.6 is 0 Å². The van der Waals surface area contributed by atoms with Gasteiger partial charge in [-0.2, -0.15) is 0 Å². The van der Waals surface area contributed by atoms with Crippen LogP contribution in [0.15, 0.2) is 47.4 Å². The first-order valence-corrected chi connectivity index (χ1v) is 12.9. The van der Waals surface area contributed by atoms with E-state index in [1.165, 1.54) is 11.7 Å². The maximum absolute atomic E-state index is 13.3. The summed E-state index contributed by atoms with van der Waals surface area (Å²) < 4.78 is 12.2. The summed E-state index contributed by atoms with van der Waals surface area (Å²) in [6.45, 7) is 2.78. The summed E-state index contributed by atoms with van der Waals surface area (Å²) in [4.78, 5) is 53.7. The van der Waals surface area contributed by atoms with Crippen LogP contribution in [0.2, 0.25) is 0 Å². The lowest BCUT2D eigenvalue weighted by molar-refractivity contribution is -0.129. The number of aromatic amines is 1. The van der Waals surface area contributed by atoms with Gasteiger partial charge in [0.25, 0.3) is 5.91 Å². The zero-order valence-electron chi connectivity index (χ0n) is 22.3. The van der Waals surface area contributed by atoms with Gasteiger partial charge in [0.05, 0.1) is 13.7 Å². The summed E-state index contributed by atoms with van der Waals surface area (Å²) in [5.74, 6) is 0.258. The molecular weight excluding hydrogens is 518 g/mol. The van der Waals surface area contributed by atoms with Crippen LogP contribution in [0.25, 0.3) is 28.2 Å². The Morgan fingerprint density at radius 1 is 1.07 bits per heavy atom. The molecule has 1 aromatic carbocycles. The van der Waals surface area contributed by atoms with E-state index in [1.54, 1.807) is 48.1 Å². The summed E-state index contributed by atoms with van der Waals surface area (Å²) in [6.07, 6.45) is 4.64. The number of carbonyl (C=O) groups is 2. The van der Waals surface area contributed by atoms with Gasteiger partial charge in [-0.1, -0.05) is 12.8 Å². The van der Waals surface area contributed by atoms with Crippen molar-refractivity contribution in [2.45, 2.75) is 39.0 Å². The number of fused-ring (bicyclic) bond motifs is 1. The van der Waals surface area contributed by atoms with E-state index in [0.717, 1.165) is 12.8 Å². The van der Waals surface area contributed by atoms with Gasteiger partial charge in [0, 0.05) is 24.7 Å². The van der Waals surface area contributed by atoms with Crippen LogP contribution in [0.1, 0.15) is 49.5 Å². The van der Waals surface area contributed by atoms with Crippen LogP contribution < -0.4 is 26.0 Å². The highest BCUT2D eigenvalue weighted by atomic mass is 16.5. The number of methoxy groups -OCH3 is 1. The van der Waals surface area contributed by atoms with Crippen LogP contribution in [0.4, 0.5) is 0 Å². The van der Waals surface area contributed by atoms with E-state index in [2.05, 4.69) is 25.3 Å². The highest BCUT2D eigenvalue weighted by Gasteiger charge is 2.23. The number of hydrogen-bond donors (Lipinski definition) is 4. The molecule has 2 amide bonds. The minimum absolute atomic E-state index is 0.0206. The Morgan fingerprint density at radius 3 is 2.58 bits per heavy atom. The molecule has 0 unspecified atom stereocenters. The zero-order valence-corrected chi connectivity index (χ0v) is 22.3. The molecule has 0 saturated heterocycles. The Morgan fingerprint density at radius 2 is 1.85 bits per heavy atom. The topological polar surface area (TPSA) is 173 Å². The highest BCUT2D eigenvalue weighted by molar-refractivity contribution is 6.03. The smallest absolute Gasteiger partial charge is 0.332 e. The average Bonchev–Trinajstić information content (AvgIpc) is 3.31. The number of rotatable bonds is 13. The summed E-state index contributed by atoms with van der Waals surface area (Å²) in [7, 11) is 1.45. The number of ether oxygens (including phenoxy) is 2. The first-order chi connectivity index (χ1) is 19.5. The molecule has 0 saturated carbocycles. The van der Waals surface area contributed by atoms with Crippen molar-refractivity contribution in [1.29, 1.82) is 0 Å². The minimum atomic E-state index is -0.527. The molecule has 4 rings (SSSR count). The van der Waals surface area contributed by atoms with Crippen molar-refractivity contribution in [2.75, 3.05) is 20.3 Å². The lowest BCUT2D eigenvalue weighted by atomic mass is 10.1. The van der Waals surface area contributed by atoms with Crippen LogP contribution in [-0.4, -0.2) is 61.8 Å². The molecule has 0 bridgehead atoms. The van der Waals surface area contributed by atoms with Gasteiger partial charge in [-0.05, 0) is 56.2 Å². The summed E-state index contributed by atoms with van der Waals surface area (Å²) >= 11 is 0. The van der Waals surface area contributed by atoms with Gasteiger partial charge in [0.1, 0.15) is 17.0 Å². The number of imidazole rings is 1. The lowest BCUT2D eigenvalue weighted by Gasteiger charge is -2.10. The van der Waals surface area contributed by atoms with Crippen molar-refractivity contribution in [3.63, 3.8) is 0 Å². The standard InChI is InChI=1S/C27H31N7O6/c1-3-40-18-13-11-17(12-14-18)23-30-22(25(36)28-15-7-5-4-6-10-20(35)33-38)21-24(32-23)34(27(37)31-21)19-9-8-16-29-26(19)39-2/h8-9,11-14,16,38H,3-7,10,15H2,1-2H3,(H,28,36)(H,31,37)(H,33,35). The van der Waals surface area contributed by atoms with Crippen molar-refractivity contribution in [3.8, 4) is 28.7 Å². The molecular formula is C27H31N7O6. The molecule has 0 aliphatic heterocycles. The molecule has 13 heteroatoms. The number of nitrogens with one attached hydrogen (secondary N) is 3. The zero-order chi connectivity index (χ0) is 28.5. The largest absolute Gasteiger partial charge is 0.494 e. The molecule has 0 spiro atoms. The number of nitrogens with zero attached hydrogens (tertiary/aromatic N) is 4. The molecule has 0 radical (unpaired) electrons. The third-order valence-electron chi connectivity index (χ3n) is 6.10. The van der Waals surface area contributed by atoms with E-state index in [1.807, 2.05) is 6.92 Å². The first-order valence-electron chi connectivity index (χ1n) is 12.9. The van der Waals surface area contributed by atoms with Gasteiger partial charge < -0.3 is 19.8 Å². The van der Waals surface area contributed by atoms with Crippen LogP contribution in [0.5, 0.6) is 11.6 Å². The number of unbranched alkanes of at least 4 members (excludes halogenated alkanes) is 3. The van der Waals surface area contributed by atoms with Gasteiger partial charge in [-0.25, -0.2) is 29.8 Å². The van der Waals surface area contributed by atoms with Crippen LogP contribution in [-0.2, 0) is 4.79 Å². The Balaban J connectivity index is 1.66. The Hall–Kier alpha value is -4.78. The molecule has 13 nitrogen and oxygen atoms in total. The third kappa shape index (κ3) is 6.43. The van der Waals surface area contributed by atoms with Gasteiger partial charge in [-0.3, -0.25) is 14.8 Å². The number of pyridine rings is 1. The molecule has 40 heavy (non-hydrogen) atoms. The monoisotopic (exact) mass is 549 g/mol. The molecule has 0 aliphatic rings. The van der Waals surface area contributed by atoms with Crippen molar-refractivity contribution >= 4 is 23.0 Å². The molecule has 0 atom stereocenters. The Kier molecular flexibility index (Phi) is 9.41. The van der Waals surface area contributed by atoms with Crippen molar-refractivity contribution in [2.24, 2.45) is 0 Å². The van der Waals surface area contributed by atoms with Crippen LogP contribution in [0, 0.1) is 0 Å². The van der Waals surface area contributed by atoms with E-state index in [9.17, 15) is 14.4 Å². The van der Waals surface area contributed by atoms with E-state index in [-0.39, 0.29) is 35.0 Å². The van der Waals surface area contributed by atoms with Crippen molar-refractivity contribution < 1.29 is 24.3 Å². The Bertz CT molecular complexity index is 1530. The van der Waals surface area contributed by atoms with E-state index < -0.39 is 17.5 Å². The normalized spacial score (nSPS) is 10.9. The fourth-order valence-electron chi connectivity index (χ4n) is 4.18. The molecule has 0 aliphatic carbocycles.